The van der Waals surface area contributed by atoms with E-state index in [0.717, 1.165) is 29.4 Å². The molecule has 8 nitrogen and oxygen atoms in total. The lowest BCUT2D eigenvalue weighted by Crippen LogP contribution is -2.44. The number of carboxylic acids is 1. The molecule has 0 radical (unpaired) electrons. The lowest BCUT2D eigenvalue weighted by atomic mass is 9.77. The Morgan fingerprint density at radius 3 is 2.56 bits per heavy atom. The number of hydrogen-bond donors (Lipinski definition) is 2. The van der Waals surface area contributed by atoms with Crippen molar-refractivity contribution >= 4 is 11.9 Å². The molecule has 0 bridgehead atoms. The number of rotatable bonds is 15. The Bertz CT molecular complexity index is 1010. The van der Waals surface area contributed by atoms with E-state index in [4.69, 9.17) is 9.47 Å². The van der Waals surface area contributed by atoms with Crippen LogP contribution in [0.25, 0.3) is 0 Å². The molecule has 1 fully saturated rings. The second kappa shape index (κ2) is 13.7. The molecule has 1 aromatic rings. The van der Waals surface area contributed by atoms with Crippen LogP contribution in [-0.4, -0.2) is 86.0 Å². The van der Waals surface area contributed by atoms with Crippen LogP contribution in [0.4, 0.5) is 0 Å². The van der Waals surface area contributed by atoms with Gasteiger partial charge in [0.1, 0.15) is 0 Å². The number of hydrogen-bond acceptors (Lipinski definition) is 5. The number of carboxylic acid groups (broad SMARTS) is 1. The van der Waals surface area contributed by atoms with Crippen molar-refractivity contribution in [3.05, 3.63) is 35.9 Å². The first-order valence-electron chi connectivity index (χ1n) is 14.6. The van der Waals surface area contributed by atoms with Crippen LogP contribution in [0.5, 0.6) is 11.5 Å². The number of allylic oxidation sites excluding steroid dienone is 2. The van der Waals surface area contributed by atoms with Crippen molar-refractivity contribution in [3.8, 4) is 11.5 Å². The highest BCUT2D eigenvalue weighted by atomic mass is 16.7. The Kier molecular flexibility index (Phi) is 10.8. The van der Waals surface area contributed by atoms with Crippen LogP contribution >= 0.6 is 0 Å². The maximum Gasteiger partial charge on any atom is 0.308 e. The molecule has 0 aromatic heterocycles. The number of nitrogens with one attached hydrogen (secondary N) is 1. The Hall–Kier alpha value is -2.58. The van der Waals surface area contributed by atoms with Crippen LogP contribution in [0.3, 0.4) is 0 Å². The largest absolute Gasteiger partial charge is 0.481 e. The van der Waals surface area contributed by atoms with Gasteiger partial charge in [-0.3, -0.25) is 14.5 Å². The zero-order valence-electron chi connectivity index (χ0n) is 24.9. The van der Waals surface area contributed by atoms with Gasteiger partial charge in [-0.2, -0.15) is 0 Å². The van der Waals surface area contributed by atoms with Crippen LogP contribution < -0.4 is 14.8 Å². The second-order valence-corrected chi connectivity index (χ2v) is 12.6. The van der Waals surface area contributed by atoms with E-state index in [1.165, 1.54) is 19.4 Å². The number of nitrogens with zero attached hydrogens (tertiary/aromatic N) is 2. The van der Waals surface area contributed by atoms with E-state index in [1.54, 1.807) is 0 Å². The number of carbonyl (C=O) groups is 2. The molecule has 2 aliphatic heterocycles. The molecule has 218 valence electrons. The van der Waals surface area contributed by atoms with Crippen molar-refractivity contribution in [1.82, 2.24) is 10.2 Å². The van der Waals surface area contributed by atoms with Crippen molar-refractivity contribution in [1.29, 1.82) is 0 Å². The molecule has 0 unspecified atom stereocenters. The Balaban J connectivity index is 1.68. The van der Waals surface area contributed by atoms with Gasteiger partial charge < -0.3 is 24.4 Å². The zero-order valence-corrected chi connectivity index (χ0v) is 24.9. The van der Waals surface area contributed by atoms with Crippen molar-refractivity contribution in [3.63, 3.8) is 0 Å². The molecule has 2 N–H and O–H groups in total. The minimum Gasteiger partial charge on any atom is -0.481 e. The molecule has 8 heteroatoms. The maximum atomic E-state index is 13.1. The summed E-state index contributed by atoms with van der Waals surface area (Å²) in [6.45, 7) is 12.2. The molecule has 3 rings (SSSR count). The number of benzene rings is 1. The molecular formula is C31H50N3O5+. The zero-order chi connectivity index (χ0) is 28.6. The van der Waals surface area contributed by atoms with Crippen molar-refractivity contribution in [2.75, 3.05) is 53.6 Å². The Morgan fingerprint density at radius 1 is 1.15 bits per heavy atom. The third kappa shape index (κ3) is 8.70. The number of aliphatic carboxylic acids is 1. The van der Waals surface area contributed by atoms with Gasteiger partial charge in [0.05, 0.1) is 39.6 Å². The summed E-state index contributed by atoms with van der Waals surface area (Å²) in [5.41, 5.74) is 0.710. The standard InChI is InChI=1S/C31H49N3O5/c1-7-9-16-34(5,6)17-11-10-15-32-28(35)21-33-20-24(23-12-13-26-27(18-23)39-22-38-26)29(30(36)37)25(33)19-31(3,4)14-8-2/h8,12-14,18,24-25,29H,7,9-11,15-17,19-22H2,1-6H3,(H-,32,35,36,37)/p+1/t24-,25-,29+/m1/s1. The lowest BCUT2D eigenvalue weighted by molar-refractivity contribution is -0.890. The molecule has 39 heavy (non-hydrogen) atoms. The minimum absolute atomic E-state index is 0.0425. The van der Waals surface area contributed by atoms with Gasteiger partial charge >= 0.3 is 5.97 Å². The van der Waals surface area contributed by atoms with Gasteiger partial charge in [-0.1, -0.05) is 45.4 Å². The molecule has 1 saturated heterocycles. The molecule has 1 aromatic carbocycles. The fourth-order valence-electron chi connectivity index (χ4n) is 6.12. The smallest absolute Gasteiger partial charge is 0.308 e. The van der Waals surface area contributed by atoms with Crippen molar-refractivity contribution in [2.24, 2.45) is 11.3 Å². The highest BCUT2D eigenvalue weighted by Gasteiger charge is 2.48. The van der Waals surface area contributed by atoms with E-state index in [9.17, 15) is 14.7 Å². The molecular weight excluding hydrogens is 494 g/mol. The molecule has 2 heterocycles. The summed E-state index contributed by atoms with van der Waals surface area (Å²) in [6, 6.07) is 5.42. The van der Waals surface area contributed by atoms with Gasteiger partial charge in [-0.15, -0.1) is 0 Å². The first-order valence-corrected chi connectivity index (χ1v) is 14.6. The van der Waals surface area contributed by atoms with Gasteiger partial charge in [0.2, 0.25) is 12.7 Å². The first-order chi connectivity index (χ1) is 18.5. The van der Waals surface area contributed by atoms with Gasteiger partial charge in [0.25, 0.3) is 0 Å². The normalized spacial score (nSPS) is 21.5. The molecule has 3 atom stereocenters. The van der Waals surface area contributed by atoms with Crippen LogP contribution in [0, 0.1) is 11.3 Å². The SMILES string of the molecule is CC=CC(C)(C)C[C@@H]1[C@@H](C(=O)O)[C@@H](c2ccc3c(c2)OCO3)CN1CC(=O)NCCCC[N+](C)(C)CCCC. The van der Waals surface area contributed by atoms with Crippen LogP contribution in [0.15, 0.2) is 30.4 Å². The Labute approximate surface area is 234 Å². The van der Waals surface area contributed by atoms with E-state index >= 15 is 0 Å². The average molecular weight is 545 g/mol. The molecule has 2 aliphatic rings. The Morgan fingerprint density at radius 2 is 1.87 bits per heavy atom. The van der Waals surface area contributed by atoms with E-state index in [-0.39, 0.29) is 36.6 Å². The summed E-state index contributed by atoms with van der Waals surface area (Å²) in [7, 11) is 4.54. The predicted octanol–water partition coefficient (Wildman–Crippen LogP) is 4.65. The summed E-state index contributed by atoms with van der Waals surface area (Å²) in [4.78, 5) is 27.8. The molecule has 0 spiro atoms. The van der Waals surface area contributed by atoms with Gasteiger partial charge in [-0.05, 0) is 55.7 Å². The number of ether oxygens (including phenoxy) is 2. The van der Waals surface area contributed by atoms with Crippen molar-refractivity contribution < 1.29 is 28.7 Å². The number of carbonyl (C=O) groups excluding carboxylic acids is 1. The topological polar surface area (TPSA) is 88.1 Å². The van der Waals surface area contributed by atoms with Gasteiger partial charge in [0.15, 0.2) is 11.5 Å². The van der Waals surface area contributed by atoms with Gasteiger partial charge in [0, 0.05) is 25.0 Å². The number of likely N-dealkylation sites (tertiary alicyclic amines) is 1. The van der Waals surface area contributed by atoms with Crippen LogP contribution in [0.2, 0.25) is 0 Å². The van der Waals surface area contributed by atoms with E-state index < -0.39 is 11.9 Å². The average Bonchev–Trinajstić information content (AvgIpc) is 3.46. The third-order valence-corrected chi connectivity index (χ3v) is 8.19. The lowest BCUT2D eigenvalue weighted by Gasteiger charge is -2.32. The fourth-order valence-corrected chi connectivity index (χ4v) is 6.12. The summed E-state index contributed by atoms with van der Waals surface area (Å²) < 4.78 is 12.0. The maximum absolute atomic E-state index is 13.1. The number of amides is 1. The predicted molar refractivity (Wildman–Crippen MR) is 154 cm³/mol. The van der Waals surface area contributed by atoms with Gasteiger partial charge in [-0.25, -0.2) is 0 Å². The fraction of sp³-hybridized carbons (Fsp3) is 0.677. The highest BCUT2D eigenvalue weighted by Crippen LogP contribution is 2.44. The summed E-state index contributed by atoms with van der Waals surface area (Å²) in [5.74, 6) is -0.428. The number of unbranched alkanes of at least 4 members (excludes halogenated alkanes) is 2. The quantitative estimate of drug-likeness (QED) is 0.190. The first kappa shape index (κ1) is 31.0. The molecule has 0 saturated carbocycles. The second-order valence-electron chi connectivity index (χ2n) is 12.6. The number of fused-ring (bicyclic) bond motifs is 1. The van der Waals surface area contributed by atoms with Crippen LogP contribution in [0.1, 0.15) is 71.3 Å². The summed E-state index contributed by atoms with van der Waals surface area (Å²) >= 11 is 0. The minimum atomic E-state index is -0.828. The van der Waals surface area contributed by atoms with Crippen molar-refractivity contribution in [2.45, 2.75) is 71.8 Å². The summed E-state index contributed by atoms with van der Waals surface area (Å²) in [6.07, 6.45) is 9.23. The monoisotopic (exact) mass is 544 g/mol. The number of quaternary nitrogens is 1. The van der Waals surface area contributed by atoms with E-state index in [0.29, 0.717) is 31.0 Å². The van der Waals surface area contributed by atoms with E-state index in [2.05, 4.69) is 51.2 Å². The summed E-state index contributed by atoms with van der Waals surface area (Å²) in [5, 5.41) is 13.5. The highest BCUT2D eigenvalue weighted by molar-refractivity contribution is 5.79. The molecule has 1 amide bonds. The van der Waals surface area contributed by atoms with E-state index in [1.807, 2.05) is 31.2 Å². The third-order valence-electron chi connectivity index (χ3n) is 8.19. The molecule has 0 aliphatic carbocycles. The van der Waals surface area contributed by atoms with Crippen LogP contribution in [-0.2, 0) is 9.59 Å².